The van der Waals surface area contributed by atoms with Gasteiger partial charge in [0.15, 0.2) is 0 Å². The minimum atomic E-state index is 0. The highest BCUT2D eigenvalue weighted by atomic mass is 35.5. The molecule has 1 aliphatic rings. The third-order valence-electron chi connectivity index (χ3n) is 2.80. The van der Waals surface area contributed by atoms with E-state index in [9.17, 15) is 0 Å². The van der Waals surface area contributed by atoms with Crippen LogP contribution in [0.4, 0.5) is 5.69 Å². The fourth-order valence-corrected chi connectivity index (χ4v) is 1.87. The van der Waals surface area contributed by atoms with Gasteiger partial charge in [0.05, 0.1) is 5.69 Å². The number of rotatable bonds is 2. The zero-order chi connectivity index (χ0) is 10.7. The molecule has 2 rings (SSSR count). The zero-order valence-electron chi connectivity index (χ0n) is 9.13. The Labute approximate surface area is 102 Å². The number of nitrogen functional groups attached to an aromatic ring is 1. The van der Waals surface area contributed by atoms with Crippen molar-refractivity contribution in [3.63, 3.8) is 0 Å². The maximum atomic E-state index is 5.82. The van der Waals surface area contributed by atoms with Gasteiger partial charge in [0.1, 0.15) is 6.10 Å². The number of nitrogens with zero attached hydrogens (tertiary/aromatic N) is 1. The number of halogens is 1. The van der Waals surface area contributed by atoms with E-state index in [0.717, 1.165) is 25.7 Å². The van der Waals surface area contributed by atoms with E-state index in [2.05, 4.69) is 4.98 Å². The average Bonchev–Trinajstić information content (AvgIpc) is 2.25. The molecule has 0 unspecified atom stereocenters. The van der Waals surface area contributed by atoms with Crippen molar-refractivity contribution in [1.29, 1.82) is 0 Å². The van der Waals surface area contributed by atoms with Gasteiger partial charge >= 0.3 is 0 Å². The Hall–Kier alpha value is -1.00. The lowest BCUT2D eigenvalue weighted by Crippen LogP contribution is -2.31. The molecule has 1 aliphatic carbocycles. The van der Waals surface area contributed by atoms with E-state index in [1.54, 1.807) is 18.3 Å². The molecule has 0 atom stereocenters. The van der Waals surface area contributed by atoms with Gasteiger partial charge < -0.3 is 16.2 Å². The van der Waals surface area contributed by atoms with Crippen LogP contribution in [-0.2, 0) is 0 Å². The van der Waals surface area contributed by atoms with Crippen molar-refractivity contribution in [3.05, 3.63) is 18.3 Å². The molecule has 0 aliphatic heterocycles. The summed E-state index contributed by atoms with van der Waals surface area (Å²) in [6.07, 6.45) is 5.96. The molecule has 16 heavy (non-hydrogen) atoms. The molecule has 1 aromatic heterocycles. The smallest absolute Gasteiger partial charge is 0.237 e. The van der Waals surface area contributed by atoms with E-state index >= 15 is 0 Å². The van der Waals surface area contributed by atoms with E-state index in [1.165, 1.54) is 0 Å². The first-order chi connectivity index (χ1) is 7.25. The van der Waals surface area contributed by atoms with Crippen molar-refractivity contribution in [1.82, 2.24) is 4.98 Å². The molecule has 0 bridgehead atoms. The third kappa shape index (κ3) is 3.25. The summed E-state index contributed by atoms with van der Waals surface area (Å²) in [6.45, 7) is 0. The summed E-state index contributed by atoms with van der Waals surface area (Å²) in [4.78, 5) is 4.11. The Kier molecular flexibility index (Phi) is 4.83. The van der Waals surface area contributed by atoms with Crippen LogP contribution in [-0.4, -0.2) is 17.1 Å². The van der Waals surface area contributed by atoms with Crippen LogP contribution in [0, 0.1) is 0 Å². The standard InChI is InChI=1S/C11H17N3O.ClH/c12-8-3-5-9(6-4-8)15-11-10(13)2-1-7-14-11;/h1-2,7-9H,3-6,12-13H2;1H. The van der Waals surface area contributed by atoms with Crippen LogP contribution < -0.4 is 16.2 Å². The molecule has 1 heterocycles. The molecule has 1 saturated carbocycles. The van der Waals surface area contributed by atoms with Gasteiger partial charge in [-0.25, -0.2) is 4.98 Å². The molecule has 0 saturated heterocycles. The van der Waals surface area contributed by atoms with Gasteiger partial charge in [-0.3, -0.25) is 0 Å². The van der Waals surface area contributed by atoms with Crippen LogP contribution in [0.1, 0.15) is 25.7 Å². The Bertz CT molecular complexity index is 327. The largest absolute Gasteiger partial charge is 0.473 e. The highest BCUT2D eigenvalue weighted by Gasteiger charge is 2.20. The monoisotopic (exact) mass is 243 g/mol. The van der Waals surface area contributed by atoms with Gasteiger partial charge in [0.25, 0.3) is 0 Å². The van der Waals surface area contributed by atoms with Crippen LogP contribution in [0.15, 0.2) is 18.3 Å². The Morgan fingerprint density at radius 2 is 1.94 bits per heavy atom. The van der Waals surface area contributed by atoms with E-state index in [4.69, 9.17) is 16.2 Å². The molecule has 0 radical (unpaired) electrons. The number of ether oxygens (including phenoxy) is 1. The van der Waals surface area contributed by atoms with Crippen LogP contribution in [0.25, 0.3) is 0 Å². The summed E-state index contributed by atoms with van der Waals surface area (Å²) in [5.74, 6) is 0.554. The van der Waals surface area contributed by atoms with Crippen LogP contribution >= 0.6 is 12.4 Å². The fraction of sp³-hybridized carbons (Fsp3) is 0.545. The lowest BCUT2D eigenvalue weighted by Gasteiger charge is -2.26. The van der Waals surface area contributed by atoms with Crippen molar-refractivity contribution in [3.8, 4) is 5.88 Å². The molecule has 90 valence electrons. The maximum Gasteiger partial charge on any atom is 0.237 e. The highest BCUT2D eigenvalue weighted by Crippen LogP contribution is 2.24. The molecule has 0 spiro atoms. The van der Waals surface area contributed by atoms with Gasteiger partial charge in [0, 0.05) is 12.2 Å². The number of nitrogens with two attached hydrogens (primary N) is 2. The van der Waals surface area contributed by atoms with Crippen molar-refractivity contribution >= 4 is 18.1 Å². The first kappa shape index (κ1) is 13.1. The normalized spacial score (nSPS) is 24.6. The molecule has 5 heteroatoms. The minimum Gasteiger partial charge on any atom is -0.473 e. The first-order valence-electron chi connectivity index (χ1n) is 5.38. The predicted molar refractivity (Wildman–Crippen MR) is 66.8 cm³/mol. The van der Waals surface area contributed by atoms with E-state index < -0.39 is 0 Å². The molecule has 4 N–H and O–H groups in total. The maximum absolute atomic E-state index is 5.82. The number of anilines is 1. The van der Waals surface area contributed by atoms with Crippen molar-refractivity contribution < 1.29 is 4.74 Å². The fourth-order valence-electron chi connectivity index (χ4n) is 1.87. The second-order valence-corrected chi connectivity index (χ2v) is 4.05. The second-order valence-electron chi connectivity index (χ2n) is 4.05. The molecular weight excluding hydrogens is 226 g/mol. The van der Waals surface area contributed by atoms with Crippen LogP contribution in [0.2, 0.25) is 0 Å². The first-order valence-corrected chi connectivity index (χ1v) is 5.38. The minimum absolute atomic E-state index is 0. The quantitative estimate of drug-likeness (QED) is 0.830. The predicted octanol–water partition coefficient (Wildman–Crippen LogP) is 1.73. The summed E-state index contributed by atoms with van der Waals surface area (Å²) in [6, 6.07) is 3.95. The summed E-state index contributed by atoms with van der Waals surface area (Å²) in [7, 11) is 0. The summed E-state index contributed by atoms with van der Waals surface area (Å²) >= 11 is 0. The Morgan fingerprint density at radius 1 is 1.25 bits per heavy atom. The summed E-state index contributed by atoms with van der Waals surface area (Å²) in [5, 5.41) is 0. The summed E-state index contributed by atoms with van der Waals surface area (Å²) < 4.78 is 5.74. The topological polar surface area (TPSA) is 74.2 Å². The number of hydrogen-bond donors (Lipinski definition) is 2. The third-order valence-corrected chi connectivity index (χ3v) is 2.80. The zero-order valence-corrected chi connectivity index (χ0v) is 9.95. The van der Waals surface area contributed by atoms with Crippen molar-refractivity contribution in [2.24, 2.45) is 5.73 Å². The van der Waals surface area contributed by atoms with E-state index in [1.807, 2.05) is 0 Å². The van der Waals surface area contributed by atoms with Crippen LogP contribution in [0.5, 0.6) is 5.88 Å². The molecule has 4 nitrogen and oxygen atoms in total. The SMILES string of the molecule is Cl.Nc1cccnc1OC1CCC(N)CC1. The summed E-state index contributed by atoms with van der Waals surface area (Å²) in [5.41, 5.74) is 12.2. The van der Waals surface area contributed by atoms with E-state index in [0.29, 0.717) is 17.6 Å². The van der Waals surface area contributed by atoms with Crippen molar-refractivity contribution in [2.75, 3.05) is 5.73 Å². The van der Waals surface area contributed by atoms with Crippen LogP contribution in [0.3, 0.4) is 0 Å². The second kappa shape index (κ2) is 5.92. The van der Waals surface area contributed by atoms with Gasteiger partial charge in [-0.2, -0.15) is 0 Å². The number of hydrogen-bond acceptors (Lipinski definition) is 4. The number of aromatic nitrogens is 1. The van der Waals surface area contributed by atoms with Gasteiger partial charge in [-0.05, 0) is 37.8 Å². The Balaban J connectivity index is 0.00000128. The molecule has 1 aromatic rings. The average molecular weight is 244 g/mol. The molecule has 0 amide bonds. The molecule has 1 fully saturated rings. The number of pyridine rings is 1. The lowest BCUT2D eigenvalue weighted by molar-refractivity contribution is 0.142. The van der Waals surface area contributed by atoms with Gasteiger partial charge in [-0.1, -0.05) is 0 Å². The van der Waals surface area contributed by atoms with Gasteiger partial charge in [-0.15, -0.1) is 12.4 Å². The van der Waals surface area contributed by atoms with E-state index in [-0.39, 0.29) is 18.5 Å². The Morgan fingerprint density at radius 3 is 2.56 bits per heavy atom. The molecular formula is C11H18ClN3O. The van der Waals surface area contributed by atoms with Crippen molar-refractivity contribution in [2.45, 2.75) is 37.8 Å². The molecule has 0 aromatic carbocycles. The lowest BCUT2D eigenvalue weighted by atomic mass is 9.94. The highest BCUT2D eigenvalue weighted by molar-refractivity contribution is 5.85. The van der Waals surface area contributed by atoms with Gasteiger partial charge in [0.2, 0.25) is 5.88 Å².